The highest BCUT2D eigenvalue weighted by Gasteiger charge is 2.37. The molecular weight excluding hydrogens is 553 g/mol. The van der Waals surface area contributed by atoms with Gasteiger partial charge < -0.3 is 30.5 Å². The van der Waals surface area contributed by atoms with Gasteiger partial charge in [0.1, 0.15) is 17.9 Å². The van der Waals surface area contributed by atoms with Crippen LogP contribution in [0.1, 0.15) is 38.8 Å². The van der Waals surface area contributed by atoms with E-state index in [0.717, 1.165) is 11.1 Å². The number of likely N-dealkylation sites (N-methyl/N-ethyl adjacent to an activating group) is 1. The summed E-state index contributed by atoms with van der Waals surface area (Å²) in [5, 5.41) is 8.22. The van der Waals surface area contributed by atoms with E-state index >= 15 is 0 Å². The van der Waals surface area contributed by atoms with Gasteiger partial charge in [-0.25, -0.2) is 4.39 Å². The fourth-order valence-corrected chi connectivity index (χ4v) is 4.47. The Labute approximate surface area is 252 Å². The maximum Gasteiger partial charge on any atom is 0.252 e. The van der Waals surface area contributed by atoms with Gasteiger partial charge in [-0.2, -0.15) is 0 Å². The molecule has 4 amide bonds. The zero-order valence-electron chi connectivity index (χ0n) is 25.4. The Kier molecular flexibility index (Phi) is 12.0. The van der Waals surface area contributed by atoms with Crippen molar-refractivity contribution in [3.05, 3.63) is 83.9 Å². The van der Waals surface area contributed by atoms with Crippen molar-refractivity contribution in [3.8, 4) is 0 Å². The van der Waals surface area contributed by atoms with Crippen LogP contribution in [0.3, 0.4) is 0 Å². The number of nitrogens with one attached hydrogen (secondary N) is 3. The zero-order chi connectivity index (χ0) is 31.6. The Morgan fingerprint density at radius 2 is 1.70 bits per heavy atom. The Hall–Kier alpha value is -4.09. The van der Waals surface area contributed by atoms with Crippen molar-refractivity contribution >= 4 is 23.6 Å². The smallest absolute Gasteiger partial charge is 0.252 e. The largest absolute Gasteiger partial charge is 0.374 e. The Balaban J connectivity index is 1.71. The Morgan fingerprint density at radius 1 is 1.00 bits per heavy atom. The van der Waals surface area contributed by atoms with Gasteiger partial charge in [-0.05, 0) is 49.1 Å². The first-order chi connectivity index (χ1) is 20.4. The molecule has 2 aromatic rings. The van der Waals surface area contributed by atoms with E-state index in [1.807, 2.05) is 51.1 Å². The summed E-state index contributed by atoms with van der Waals surface area (Å²) in [5.74, 6) is -2.08. The summed E-state index contributed by atoms with van der Waals surface area (Å²) in [4.78, 5) is 55.3. The predicted octanol–water partition coefficient (Wildman–Crippen LogP) is 2.35. The van der Waals surface area contributed by atoms with Crippen molar-refractivity contribution in [3.63, 3.8) is 0 Å². The number of ether oxygens (including phenoxy) is 1. The molecule has 1 heterocycles. The molecule has 0 spiro atoms. The van der Waals surface area contributed by atoms with Crippen LogP contribution in [-0.4, -0.2) is 78.3 Å². The molecule has 0 unspecified atom stereocenters. The maximum absolute atomic E-state index is 13.6. The molecule has 11 heteroatoms. The van der Waals surface area contributed by atoms with Crippen LogP contribution in [0.25, 0.3) is 0 Å². The van der Waals surface area contributed by atoms with E-state index in [2.05, 4.69) is 16.0 Å². The molecule has 232 valence electrons. The monoisotopic (exact) mass is 595 g/mol. The summed E-state index contributed by atoms with van der Waals surface area (Å²) >= 11 is 0. The highest BCUT2D eigenvalue weighted by molar-refractivity contribution is 5.94. The highest BCUT2D eigenvalue weighted by Crippen LogP contribution is 2.20. The number of benzene rings is 2. The van der Waals surface area contributed by atoms with Gasteiger partial charge in [-0.15, -0.1) is 0 Å². The quantitative estimate of drug-likeness (QED) is 0.327. The fourth-order valence-electron chi connectivity index (χ4n) is 4.47. The Morgan fingerprint density at radius 3 is 2.35 bits per heavy atom. The van der Waals surface area contributed by atoms with Gasteiger partial charge in [0.15, 0.2) is 0 Å². The molecule has 0 fully saturated rings. The minimum Gasteiger partial charge on any atom is -0.374 e. The topological polar surface area (TPSA) is 120 Å². The van der Waals surface area contributed by atoms with Crippen LogP contribution >= 0.6 is 0 Å². The van der Waals surface area contributed by atoms with Crippen molar-refractivity contribution < 1.29 is 28.3 Å². The second-order valence-corrected chi connectivity index (χ2v) is 11.6. The van der Waals surface area contributed by atoms with Crippen LogP contribution in [0.5, 0.6) is 0 Å². The lowest BCUT2D eigenvalue weighted by Gasteiger charge is -2.36. The lowest BCUT2D eigenvalue weighted by Crippen LogP contribution is -2.58. The summed E-state index contributed by atoms with van der Waals surface area (Å²) in [6.45, 7) is 7.18. The van der Waals surface area contributed by atoms with Crippen LogP contribution in [0, 0.1) is 11.2 Å². The second-order valence-electron chi connectivity index (χ2n) is 11.6. The van der Waals surface area contributed by atoms with Crippen molar-refractivity contribution in [2.75, 3.05) is 26.7 Å². The molecule has 1 aliphatic rings. The van der Waals surface area contributed by atoms with Crippen LogP contribution in [0.2, 0.25) is 0 Å². The van der Waals surface area contributed by atoms with E-state index in [9.17, 15) is 23.6 Å². The van der Waals surface area contributed by atoms with E-state index < -0.39 is 35.4 Å². The van der Waals surface area contributed by atoms with Gasteiger partial charge in [-0.3, -0.25) is 19.2 Å². The van der Waals surface area contributed by atoms with E-state index in [1.165, 1.54) is 34.3 Å². The number of rotatable bonds is 13. The van der Waals surface area contributed by atoms with Crippen molar-refractivity contribution in [1.29, 1.82) is 0 Å². The third kappa shape index (κ3) is 9.72. The first-order valence-corrected chi connectivity index (χ1v) is 14.3. The highest BCUT2D eigenvalue weighted by atomic mass is 19.1. The second kappa shape index (κ2) is 15.4. The molecule has 1 aliphatic heterocycles. The molecule has 0 aliphatic carbocycles. The Bertz CT molecular complexity index is 1300. The van der Waals surface area contributed by atoms with E-state index in [4.69, 9.17) is 4.74 Å². The summed E-state index contributed by atoms with van der Waals surface area (Å²) in [6.07, 6.45) is 3.42. The lowest BCUT2D eigenvalue weighted by atomic mass is 9.86. The minimum atomic E-state index is -0.972. The number of carbonyl (C=O) groups excluding carboxylic acids is 4. The van der Waals surface area contributed by atoms with Gasteiger partial charge in [0.2, 0.25) is 17.7 Å². The molecular formula is C32H42FN5O5. The van der Waals surface area contributed by atoms with Crippen LogP contribution in [0.15, 0.2) is 67.0 Å². The SMILES string of the molecule is CN[C@@H](C)C(=O)N[C@H](C(=O)NCC(=O)N1C=CN(CCc2cccc(F)c2)C(=O)[C@@H]1COCc1ccccc1)C(C)(C)C. The molecule has 0 saturated carbocycles. The molecule has 0 bridgehead atoms. The van der Waals surface area contributed by atoms with E-state index in [1.54, 1.807) is 26.1 Å². The van der Waals surface area contributed by atoms with Gasteiger partial charge in [0, 0.05) is 18.9 Å². The van der Waals surface area contributed by atoms with Crippen molar-refractivity contribution in [2.45, 2.75) is 58.8 Å². The molecule has 0 radical (unpaired) electrons. The fraction of sp³-hybridized carbons (Fsp3) is 0.438. The van der Waals surface area contributed by atoms with Crippen molar-refractivity contribution in [1.82, 2.24) is 25.8 Å². The third-order valence-corrected chi connectivity index (χ3v) is 7.17. The predicted molar refractivity (Wildman–Crippen MR) is 161 cm³/mol. The van der Waals surface area contributed by atoms with E-state index in [0.29, 0.717) is 6.42 Å². The minimum absolute atomic E-state index is 0.0726. The molecule has 3 rings (SSSR count). The molecule has 3 N–H and O–H groups in total. The molecule has 10 nitrogen and oxygen atoms in total. The van der Waals surface area contributed by atoms with Gasteiger partial charge in [-0.1, -0.05) is 63.2 Å². The van der Waals surface area contributed by atoms with Gasteiger partial charge in [0.05, 0.1) is 25.8 Å². The third-order valence-electron chi connectivity index (χ3n) is 7.17. The van der Waals surface area contributed by atoms with Gasteiger partial charge in [0.25, 0.3) is 5.91 Å². The summed E-state index contributed by atoms with van der Waals surface area (Å²) < 4.78 is 19.5. The number of hydrogen-bond donors (Lipinski definition) is 3. The first kappa shape index (κ1) is 33.4. The first-order valence-electron chi connectivity index (χ1n) is 14.3. The summed E-state index contributed by atoms with van der Waals surface area (Å²) in [6, 6.07) is 13.2. The van der Waals surface area contributed by atoms with Crippen molar-refractivity contribution in [2.24, 2.45) is 5.41 Å². The average Bonchev–Trinajstić information content (AvgIpc) is 2.98. The van der Waals surface area contributed by atoms with Crippen LogP contribution in [-0.2, 0) is 36.9 Å². The zero-order valence-corrected chi connectivity index (χ0v) is 25.4. The lowest BCUT2D eigenvalue weighted by molar-refractivity contribution is -0.146. The molecule has 0 saturated heterocycles. The average molecular weight is 596 g/mol. The molecule has 3 atom stereocenters. The number of halogens is 1. The normalized spacial score (nSPS) is 16.5. The number of carbonyl (C=O) groups is 4. The molecule has 2 aromatic carbocycles. The maximum atomic E-state index is 13.6. The van der Waals surface area contributed by atoms with Crippen LogP contribution < -0.4 is 16.0 Å². The number of hydrogen-bond acceptors (Lipinski definition) is 6. The molecule has 0 aromatic heterocycles. The number of nitrogens with zero attached hydrogens (tertiary/aromatic N) is 2. The molecule has 43 heavy (non-hydrogen) atoms. The summed E-state index contributed by atoms with van der Waals surface area (Å²) in [7, 11) is 1.64. The van der Waals surface area contributed by atoms with E-state index in [-0.39, 0.29) is 43.9 Å². The van der Waals surface area contributed by atoms with Gasteiger partial charge >= 0.3 is 0 Å². The van der Waals surface area contributed by atoms with Crippen LogP contribution in [0.4, 0.5) is 4.39 Å². The standard InChI is InChI=1S/C32H42FN5O5/c1-22(34-5)29(40)36-28(32(2,3)4)30(41)35-19-27(39)38-17-16-37(15-14-23-12-9-13-25(33)18-23)31(42)26(38)21-43-20-24-10-7-6-8-11-24/h6-13,16-18,22,26,28,34H,14-15,19-21H2,1-5H3,(H,35,41)(H,36,40)/t22-,26-,28+/m0/s1. The summed E-state index contributed by atoms with van der Waals surface area (Å²) in [5.41, 5.74) is 1.02. The number of amides is 4.